The van der Waals surface area contributed by atoms with E-state index in [1.165, 1.54) is 0 Å². The average molecular weight is 456 g/mol. The second-order valence-corrected chi connectivity index (χ2v) is 7.70. The first-order valence-electron chi connectivity index (χ1n) is 10.1. The molecule has 0 unspecified atom stereocenters. The van der Waals surface area contributed by atoms with Crippen LogP contribution in [-0.2, 0) is 24.4 Å². The van der Waals surface area contributed by atoms with Crippen LogP contribution < -0.4 is 11.1 Å². The lowest BCUT2D eigenvalue weighted by Gasteiger charge is -2.05. The molecule has 10 nitrogen and oxygen atoms in total. The molecule has 3 heterocycles. The largest absolute Gasteiger partial charge is 0.437 e. The maximum atomic E-state index is 12.2. The maximum Gasteiger partial charge on any atom is 0.437 e. The Morgan fingerprint density at radius 2 is 2.03 bits per heavy atom. The molecule has 0 aliphatic rings. The number of nitrogens with one attached hydrogen (secondary N) is 1. The number of rotatable bonds is 9. The number of carbonyl (C=O) groups excluding carboxylic acids is 1. The molecule has 0 saturated heterocycles. The first kappa shape index (κ1) is 21.6. The van der Waals surface area contributed by atoms with Crippen LogP contribution in [0, 0.1) is 6.92 Å². The van der Waals surface area contributed by atoms with Crippen molar-refractivity contribution in [1.82, 2.24) is 34.2 Å². The minimum atomic E-state index is -0.708. The van der Waals surface area contributed by atoms with Crippen LogP contribution in [0.25, 0.3) is 11.6 Å². The third-order valence-corrected chi connectivity index (χ3v) is 5.19. The number of imidazole rings is 2. The van der Waals surface area contributed by atoms with Crippen molar-refractivity contribution in [3.63, 3.8) is 0 Å². The van der Waals surface area contributed by atoms with Gasteiger partial charge in [0.15, 0.2) is 0 Å². The highest BCUT2D eigenvalue weighted by Gasteiger charge is 2.18. The minimum Gasteiger partial charge on any atom is -0.386 e. The predicted molar refractivity (Wildman–Crippen MR) is 117 cm³/mol. The molecule has 4 aromatic rings. The van der Waals surface area contributed by atoms with Crippen LogP contribution in [0.15, 0.2) is 58.5 Å². The predicted octanol–water partition coefficient (Wildman–Crippen LogP) is 2.11. The number of nitrogens with zero attached hydrogens (tertiary/aromatic N) is 6. The molecular formula is C21H22ClN7O3. The van der Waals surface area contributed by atoms with Crippen molar-refractivity contribution in [2.45, 2.75) is 33.0 Å². The molecule has 0 spiro atoms. The number of hydrogen-bond acceptors (Lipinski definition) is 6. The second kappa shape index (κ2) is 9.65. The molecule has 1 aromatic carbocycles. The van der Waals surface area contributed by atoms with E-state index in [0.29, 0.717) is 23.8 Å². The van der Waals surface area contributed by atoms with Crippen LogP contribution in [0.4, 0.5) is 0 Å². The van der Waals surface area contributed by atoms with Gasteiger partial charge in [0.25, 0.3) is 5.89 Å². The van der Waals surface area contributed by atoms with E-state index in [0.717, 1.165) is 28.9 Å². The highest BCUT2D eigenvalue weighted by molar-refractivity contribution is 6.30. The molecule has 1 amide bonds. The van der Waals surface area contributed by atoms with Crippen molar-refractivity contribution in [2.75, 3.05) is 6.54 Å². The van der Waals surface area contributed by atoms with Gasteiger partial charge >= 0.3 is 5.76 Å². The monoisotopic (exact) mass is 455 g/mol. The van der Waals surface area contributed by atoms with Crippen molar-refractivity contribution in [3.05, 3.63) is 76.1 Å². The Hall–Kier alpha value is -3.66. The third kappa shape index (κ3) is 5.14. The van der Waals surface area contributed by atoms with Gasteiger partial charge in [0.2, 0.25) is 5.91 Å². The molecule has 0 aliphatic heterocycles. The number of halogens is 1. The maximum absolute atomic E-state index is 12.2. The zero-order valence-electron chi connectivity index (χ0n) is 17.4. The zero-order valence-corrected chi connectivity index (χ0v) is 18.2. The van der Waals surface area contributed by atoms with E-state index < -0.39 is 5.76 Å². The van der Waals surface area contributed by atoms with E-state index in [9.17, 15) is 9.59 Å². The van der Waals surface area contributed by atoms with E-state index >= 15 is 0 Å². The first-order valence-corrected chi connectivity index (χ1v) is 10.4. The summed E-state index contributed by atoms with van der Waals surface area (Å²) in [6.45, 7) is 3.45. The normalized spacial score (nSPS) is 11.1. The van der Waals surface area contributed by atoms with Crippen molar-refractivity contribution in [2.24, 2.45) is 0 Å². The van der Waals surface area contributed by atoms with Gasteiger partial charge in [-0.2, -0.15) is 4.68 Å². The summed E-state index contributed by atoms with van der Waals surface area (Å²) in [5, 5.41) is 7.60. The number of carbonyl (C=O) groups is 1. The van der Waals surface area contributed by atoms with Crippen LogP contribution in [0.5, 0.6) is 0 Å². The van der Waals surface area contributed by atoms with E-state index in [2.05, 4.69) is 20.4 Å². The number of amides is 1. The van der Waals surface area contributed by atoms with Crippen molar-refractivity contribution >= 4 is 17.5 Å². The highest BCUT2D eigenvalue weighted by atomic mass is 35.5. The summed E-state index contributed by atoms with van der Waals surface area (Å²) in [6, 6.07) is 7.52. The van der Waals surface area contributed by atoms with Crippen molar-refractivity contribution in [1.29, 1.82) is 0 Å². The summed E-state index contributed by atoms with van der Waals surface area (Å²) >= 11 is 5.94. The van der Waals surface area contributed by atoms with E-state index in [4.69, 9.17) is 16.0 Å². The molecule has 32 heavy (non-hydrogen) atoms. The molecule has 0 saturated carbocycles. The lowest BCUT2D eigenvalue weighted by atomic mass is 10.2. The molecule has 3 aromatic heterocycles. The average Bonchev–Trinajstić information content (AvgIpc) is 3.50. The molecule has 0 radical (unpaired) electrons. The van der Waals surface area contributed by atoms with Crippen LogP contribution in [0.2, 0.25) is 5.02 Å². The van der Waals surface area contributed by atoms with Gasteiger partial charge in [-0.05, 0) is 31.0 Å². The fourth-order valence-corrected chi connectivity index (χ4v) is 3.33. The molecule has 4 rings (SSSR count). The Balaban J connectivity index is 1.36. The number of hydrogen-bond donors (Lipinski definition) is 1. The van der Waals surface area contributed by atoms with Crippen LogP contribution >= 0.6 is 11.6 Å². The van der Waals surface area contributed by atoms with Gasteiger partial charge in [-0.1, -0.05) is 23.7 Å². The fraction of sp³-hybridized carbons (Fsp3) is 0.286. The SMILES string of the molecule is Cc1c(-c2nn(CC(=O)NCCCn3ccnc3)c(=O)o2)ncn1Cc1ccc(Cl)cc1. The number of benzene rings is 1. The van der Waals surface area contributed by atoms with E-state index in [1.807, 2.05) is 46.5 Å². The second-order valence-electron chi connectivity index (χ2n) is 7.27. The molecule has 1 N–H and O–H groups in total. The summed E-state index contributed by atoms with van der Waals surface area (Å²) in [6.07, 6.45) is 7.68. The Morgan fingerprint density at radius 1 is 1.22 bits per heavy atom. The van der Waals surface area contributed by atoms with Gasteiger partial charge in [-0.15, -0.1) is 5.10 Å². The Bertz CT molecular complexity index is 1240. The van der Waals surface area contributed by atoms with Gasteiger partial charge in [-0.25, -0.2) is 14.8 Å². The van der Waals surface area contributed by atoms with E-state index in [-0.39, 0.29) is 18.3 Å². The highest BCUT2D eigenvalue weighted by Crippen LogP contribution is 2.20. The molecule has 11 heteroatoms. The van der Waals surface area contributed by atoms with Crippen LogP contribution in [-0.4, -0.2) is 41.3 Å². The van der Waals surface area contributed by atoms with Gasteiger partial charge < -0.3 is 18.9 Å². The summed E-state index contributed by atoms with van der Waals surface area (Å²) in [5.74, 6) is -0.946. The summed E-state index contributed by atoms with van der Waals surface area (Å²) < 4.78 is 10.1. The molecule has 0 bridgehead atoms. The Morgan fingerprint density at radius 3 is 2.78 bits per heavy atom. The molecule has 0 aliphatic carbocycles. The van der Waals surface area contributed by atoms with Gasteiger partial charge in [0.1, 0.15) is 12.2 Å². The van der Waals surface area contributed by atoms with Gasteiger partial charge in [0.05, 0.1) is 12.7 Å². The summed E-state index contributed by atoms with van der Waals surface area (Å²) in [4.78, 5) is 32.6. The summed E-state index contributed by atoms with van der Waals surface area (Å²) in [7, 11) is 0. The zero-order chi connectivity index (χ0) is 22.5. The van der Waals surface area contributed by atoms with Crippen LogP contribution in [0.1, 0.15) is 17.7 Å². The molecule has 166 valence electrons. The van der Waals surface area contributed by atoms with Crippen molar-refractivity contribution < 1.29 is 9.21 Å². The Kier molecular flexibility index (Phi) is 6.50. The lowest BCUT2D eigenvalue weighted by molar-refractivity contribution is -0.121. The molecular weight excluding hydrogens is 434 g/mol. The number of aromatic nitrogens is 6. The number of aryl methyl sites for hydroxylation is 1. The van der Waals surface area contributed by atoms with Gasteiger partial charge in [-0.3, -0.25) is 4.79 Å². The third-order valence-electron chi connectivity index (χ3n) is 4.94. The fourth-order valence-electron chi connectivity index (χ4n) is 3.20. The summed E-state index contributed by atoms with van der Waals surface area (Å²) in [5.41, 5.74) is 2.30. The smallest absolute Gasteiger partial charge is 0.386 e. The quantitative estimate of drug-likeness (QED) is 0.387. The lowest BCUT2D eigenvalue weighted by Crippen LogP contribution is -2.32. The topological polar surface area (TPSA) is 113 Å². The standard InChI is InChI=1S/C21H22ClN7O3/c1-15-19(25-14-28(15)11-16-3-5-17(22)6-4-16)20-26-29(21(31)32-20)12-18(30)24-7-2-9-27-10-8-23-13-27/h3-6,8,10,13-14H,2,7,9,11-12H2,1H3,(H,24,30). The van der Waals surface area contributed by atoms with Crippen LogP contribution in [0.3, 0.4) is 0 Å². The molecule has 0 atom stereocenters. The van der Waals surface area contributed by atoms with Gasteiger partial charge in [0, 0.05) is 42.7 Å². The van der Waals surface area contributed by atoms with Crippen molar-refractivity contribution in [3.8, 4) is 11.6 Å². The Labute approximate surface area is 188 Å². The first-order chi connectivity index (χ1) is 15.5. The molecule has 0 fully saturated rings. The minimum absolute atomic E-state index is 0.0789. The van der Waals surface area contributed by atoms with E-state index in [1.54, 1.807) is 18.9 Å².